The number of nitrogens with zero attached hydrogens (tertiary/aromatic N) is 1. The van der Waals surface area contributed by atoms with Gasteiger partial charge in [-0.15, -0.1) is 0 Å². The first-order valence-electron chi connectivity index (χ1n) is 6.16. The summed E-state index contributed by atoms with van der Waals surface area (Å²) in [6, 6.07) is 7.83. The van der Waals surface area contributed by atoms with Gasteiger partial charge in [0.1, 0.15) is 0 Å². The number of hydrogen-bond donors (Lipinski definition) is 1. The van der Waals surface area contributed by atoms with E-state index in [0.717, 1.165) is 18.5 Å². The van der Waals surface area contributed by atoms with Crippen LogP contribution >= 0.6 is 0 Å². The Morgan fingerprint density at radius 2 is 2.31 bits per heavy atom. The Labute approximate surface area is 107 Å². The topological polar surface area (TPSA) is 15.3 Å². The molecule has 1 fully saturated rings. The third-order valence-corrected chi connectivity index (χ3v) is 6.95. The minimum absolute atomic E-state index is 0.173. The van der Waals surface area contributed by atoms with Crippen molar-refractivity contribution in [2.75, 3.05) is 7.66 Å². The number of benzene rings is 1. The van der Waals surface area contributed by atoms with Gasteiger partial charge < -0.3 is 0 Å². The van der Waals surface area contributed by atoms with Crippen LogP contribution in [0.15, 0.2) is 18.2 Å². The number of nitrogens with one attached hydrogen (secondary N) is 1. The monoisotopic (exact) mass is 327 g/mol. The molecule has 2 aliphatic heterocycles. The molecule has 2 atom stereocenters. The van der Waals surface area contributed by atoms with Gasteiger partial charge in [0.2, 0.25) is 0 Å². The van der Waals surface area contributed by atoms with E-state index in [1.165, 1.54) is 23.8 Å². The average Bonchev–Trinajstić information content (AvgIpc) is 2.80. The van der Waals surface area contributed by atoms with Gasteiger partial charge in [0.25, 0.3) is 0 Å². The molecule has 2 nitrogen and oxygen atoms in total. The molecule has 0 spiro atoms. The first-order chi connectivity index (χ1) is 7.95. The summed E-state index contributed by atoms with van der Waals surface area (Å²) >= 11 is 0.173. The summed E-state index contributed by atoms with van der Waals surface area (Å²) in [6.07, 6.45) is 4.29. The quantitative estimate of drug-likeness (QED) is 0.291. The molecule has 3 aliphatic rings. The van der Waals surface area contributed by atoms with Crippen LogP contribution in [0, 0.1) is 0 Å². The summed E-state index contributed by atoms with van der Waals surface area (Å²) in [7, 11) is 0. The number of anilines is 1. The van der Waals surface area contributed by atoms with Gasteiger partial charge in [-0.05, 0) is 0 Å². The van der Waals surface area contributed by atoms with Crippen LogP contribution in [0.3, 0.4) is 0 Å². The van der Waals surface area contributed by atoms with Gasteiger partial charge >= 0.3 is 107 Å². The van der Waals surface area contributed by atoms with Crippen LogP contribution < -0.4 is 29.9 Å². The zero-order chi connectivity index (χ0) is 10.5. The van der Waals surface area contributed by atoms with Crippen molar-refractivity contribution in [3.63, 3.8) is 0 Å². The van der Waals surface area contributed by atoms with Gasteiger partial charge in [0, 0.05) is 0 Å². The Morgan fingerprint density at radius 3 is 3.31 bits per heavy atom. The molecule has 3 heteroatoms. The molecule has 86 valence electrons. The molecule has 1 aromatic carbocycles. The van der Waals surface area contributed by atoms with Crippen LogP contribution in [0.4, 0.5) is 5.69 Å². The van der Waals surface area contributed by atoms with Gasteiger partial charge in [0.15, 0.2) is 0 Å². The molecule has 16 heavy (non-hydrogen) atoms. The van der Waals surface area contributed by atoms with E-state index in [2.05, 4.69) is 26.6 Å². The number of para-hydroxylation sites is 1. The molecule has 4 rings (SSSR count). The van der Waals surface area contributed by atoms with Crippen LogP contribution in [0.5, 0.6) is 0 Å². The predicted molar refractivity (Wildman–Crippen MR) is 61.0 cm³/mol. The molecule has 1 N–H and O–H groups in total. The van der Waals surface area contributed by atoms with E-state index in [9.17, 15) is 0 Å². The second-order valence-corrected chi connectivity index (χ2v) is 7.44. The van der Waals surface area contributed by atoms with Crippen molar-refractivity contribution in [1.29, 1.82) is 0 Å². The molecule has 0 bridgehead atoms. The van der Waals surface area contributed by atoms with Gasteiger partial charge in [0.05, 0.1) is 0 Å². The van der Waals surface area contributed by atoms with Crippen molar-refractivity contribution in [3.05, 3.63) is 29.3 Å². The third kappa shape index (κ3) is 1.21. The number of fused-ring (bicyclic) bond motifs is 3. The van der Waals surface area contributed by atoms with Gasteiger partial charge in [-0.25, -0.2) is 0 Å². The van der Waals surface area contributed by atoms with E-state index < -0.39 is 0 Å². The van der Waals surface area contributed by atoms with E-state index in [1.807, 2.05) is 0 Å². The normalized spacial score (nSPS) is 31.6. The molecule has 0 unspecified atom stereocenters. The summed E-state index contributed by atoms with van der Waals surface area (Å²) in [5.41, 5.74) is 4.85. The number of alkyl halides is 1. The molecule has 0 amide bonds. The standard InChI is InChI=1S/C13H16IN2/c1-3-9-7-15-8-14-16-12-6-2-4-10(12)11(5-1)13(9)16/h1,3,5,10,12,15H,2,4,6-8H2/q-1/t10-,12-/m1/s1. The van der Waals surface area contributed by atoms with Crippen LogP contribution in [-0.2, 0) is 6.54 Å². The first-order valence-corrected chi connectivity index (χ1v) is 8.65. The van der Waals surface area contributed by atoms with Crippen molar-refractivity contribution in [1.82, 2.24) is 5.32 Å². The van der Waals surface area contributed by atoms with Crippen molar-refractivity contribution in [2.24, 2.45) is 0 Å². The fourth-order valence-electron chi connectivity index (χ4n) is 3.49. The van der Waals surface area contributed by atoms with Gasteiger partial charge in [-0.3, -0.25) is 0 Å². The minimum atomic E-state index is 0.173. The van der Waals surface area contributed by atoms with E-state index in [0.29, 0.717) is 0 Å². The molecule has 1 saturated carbocycles. The molecule has 2 heterocycles. The summed E-state index contributed by atoms with van der Waals surface area (Å²) in [5.74, 6) is 0.868. The van der Waals surface area contributed by atoms with Crippen molar-refractivity contribution in [2.45, 2.75) is 37.8 Å². The van der Waals surface area contributed by atoms with Gasteiger partial charge in [-0.1, -0.05) is 0 Å². The van der Waals surface area contributed by atoms with E-state index in [-0.39, 0.29) is 21.5 Å². The van der Waals surface area contributed by atoms with Crippen LogP contribution in [0.25, 0.3) is 0 Å². The van der Waals surface area contributed by atoms with Crippen LogP contribution in [0.2, 0.25) is 0 Å². The number of halogens is 1. The first kappa shape index (κ1) is 9.71. The summed E-state index contributed by atoms with van der Waals surface area (Å²) in [6.45, 7) is 1.08. The summed E-state index contributed by atoms with van der Waals surface area (Å²) in [5, 5.41) is 3.58. The second-order valence-electron chi connectivity index (χ2n) is 4.95. The predicted octanol–water partition coefficient (Wildman–Crippen LogP) is -0.793. The molecule has 0 aromatic heterocycles. The van der Waals surface area contributed by atoms with E-state index >= 15 is 0 Å². The maximum atomic E-state index is 3.58. The van der Waals surface area contributed by atoms with Crippen LogP contribution in [-0.4, -0.2) is 10.6 Å². The van der Waals surface area contributed by atoms with E-state index in [4.69, 9.17) is 0 Å². The Hall–Kier alpha value is -0.290. The molecular weight excluding hydrogens is 311 g/mol. The molecule has 0 saturated heterocycles. The average molecular weight is 327 g/mol. The zero-order valence-electron chi connectivity index (χ0n) is 9.25. The fraction of sp³-hybridized carbons (Fsp3) is 0.538. The van der Waals surface area contributed by atoms with Crippen molar-refractivity contribution >= 4 is 5.69 Å². The Kier molecular flexibility index (Phi) is 2.19. The fourth-order valence-corrected chi connectivity index (χ4v) is 6.47. The molecular formula is C13H16IN2-. The van der Waals surface area contributed by atoms with E-state index in [1.54, 1.807) is 16.8 Å². The Balaban J connectivity index is 1.92. The van der Waals surface area contributed by atoms with Crippen molar-refractivity contribution < 1.29 is 21.5 Å². The van der Waals surface area contributed by atoms with Gasteiger partial charge in [-0.2, -0.15) is 0 Å². The maximum absolute atomic E-state index is 3.58. The summed E-state index contributed by atoms with van der Waals surface area (Å²) in [4.78, 5) is 0. The Bertz CT molecular complexity index is 432. The zero-order valence-corrected chi connectivity index (χ0v) is 11.4. The Morgan fingerprint density at radius 1 is 1.31 bits per heavy atom. The molecule has 1 aliphatic carbocycles. The SMILES string of the molecule is c1cc2c3c(c1)[C@H]1CCC[C@H]1N3[I-]CNC2. The molecule has 1 aromatic rings. The molecule has 0 radical (unpaired) electrons. The van der Waals surface area contributed by atoms with Crippen molar-refractivity contribution in [3.8, 4) is 0 Å². The third-order valence-electron chi connectivity index (χ3n) is 4.13. The van der Waals surface area contributed by atoms with Crippen LogP contribution in [0.1, 0.15) is 36.3 Å². The number of hydrogen-bond acceptors (Lipinski definition) is 2. The second kappa shape index (κ2) is 3.60. The number of rotatable bonds is 0. The summed E-state index contributed by atoms with van der Waals surface area (Å²) < 4.78 is 4.05.